The van der Waals surface area contributed by atoms with Crippen LogP contribution >= 0.6 is 0 Å². The first kappa shape index (κ1) is 20.1. The Bertz CT molecular complexity index is 762. The van der Waals surface area contributed by atoms with Gasteiger partial charge in [-0.05, 0) is 25.0 Å². The van der Waals surface area contributed by atoms with E-state index in [4.69, 9.17) is 10.00 Å². The number of guanidine groups is 1. The number of rotatable bonds is 3. The molecule has 1 N–H and O–H groups in total. The molecule has 1 aromatic carbocycles. The van der Waals surface area contributed by atoms with Crippen LogP contribution in [0.2, 0.25) is 0 Å². The first-order valence-electron chi connectivity index (χ1n) is 9.63. The molecule has 2 heterocycles. The van der Waals surface area contributed by atoms with E-state index in [0.717, 1.165) is 25.9 Å². The molecule has 2 saturated heterocycles. The highest BCUT2D eigenvalue weighted by Crippen LogP contribution is 2.20. The Balaban J connectivity index is 1.51. The van der Waals surface area contributed by atoms with Crippen LogP contribution < -0.4 is 5.32 Å². The molecule has 1 aromatic rings. The maximum Gasteiger partial charge on any atom is 0.225 e. The zero-order valence-corrected chi connectivity index (χ0v) is 16.2. The van der Waals surface area contributed by atoms with E-state index in [0.29, 0.717) is 43.4 Å². The minimum Gasteiger partial charge on any atom is -0.378 e. The van der Waals surface area contributed by atoms with Crippen LogP contribution in [0.15, 0.2) is 23.2 Å². The lowest BCUT2D eigenvalue weighted by Crippen LogP contribution is -2.49. The molecule has 7 nitrogen and oxygen atoms in total. The third kappa shape index (κ3) is 4.78. The van der Waals surface area contributed by atoms with E-state index in [-0.39, 0.29) is 18.4 Å². The van der Waals surface area contributed by atoms with Crippen molar-refractivity contribution in [2.75, 3.05) is 46.4 Å². The van der Waals surface area contributed by atoms with Gasteiger partial charge in [-0.1, -0.05) is 6.07 Å². The van der Waals surface area contributed by atoms with Crippen molar-refractivity contribution >= 4 is 11.9 Å². The summed E-state index contributed by atoms with van der Waals surface area (Å²) in [4.78, 5) is 20.9. The molecular weight excluding hydrogens is 361 g/mol. The highest BCUT2D eigenvalue weighted by atomic mass is 19.1. The van der Waals surface area contributed by atoms with Gasteiger partial charge >= 0.3 is 0 Å². The number of halogens is 1. The minimum atomic E-state index is -0.406. The molecule has 0 spiro atoms. The summed E-state index contributed by atoms with van der Waals surface area (Å²) >= 11 is 0. The highest BCUT2D eigenvalue weighted by molar-refractivity contribution is 5.81. The molecule has 0 unspecified atom stereocenters. The van der Waals surface area contributed by atoms with Crippen LogP contribution in [0.5, 0.6) is 0 Å². The van der Waals surface area contributed by atoms with Crippen molar-refractivity contribution in [3.8, 4) is 6.07 Å². The Morgan fingerprint density at radius 2 is 2.00 bits per heavy atom. The molecule has 2 aliphatic rings. The molecule has 8 heteroatoms. The number of nitrogens with zero attached hydrogens (tertiary/aromatic N) is 4. The van der Waals surface area contributed by atoms with E-state index in [1.807, 2.05) is 11.0 Å². The average molecular weight is 387 g/mol. The van der Waals surface area contributed by atoms with Gasteiger partial charge in [-0.15, -0.1) is 0 Å². The Morgan fingerprint density at radius 3 is 2.61 bits per heavy atom. The first-order valence-corrected chi connectivity index (χ1v) is 9.63. The topological polar surface area (TPSA) is 81.0 Å². The van der Waals surface area contributed by atoms with Gasteiger partial charge in [-0.2, -0.15) is 5.26 Å². The highest BCUT2D eigenvalue weighted by Gasteiger charge is 2.30. The average Bonchev–Trinajstić information content (AvgIpc) is 2.75. The van der Waals surface area contributed by atoms with Crippen molar-refractivity contribution in [1.29, 1.82) is 5.26 Å². The van der Waals surface area contributed by atoms with Gasteiger partial charge in [0.2, 0.25) is 5.91 Å². The van der Waals surface area contributed by atoms with E-state index >= 15 is 0 Å². The number of morpholine rings is 1. The molecule has 0 aliphatic carbocycles. The Hall–Kier alpha value is -2.66. The number of ether oxygens (including phenoxy) is 1. The molecule has 0 aromatic heterocycles. The van der Waals surface area contributed by atoms with Crippen LogP contribution in [0.25, 0.3) is 0 Å². The number of benzene rings is 1. The lowest BCUT2D eigenvalue weighted by atomic mass is 9.95. The van der Waals surface area contributed by atoms with E-state index in [9.17, 15) is 9.18 Å². The fraction of sp³-hybridized carbons (Fsp3) is 0.550. The molecule has 0 bridgehead atoms. The quantitative estimate of drug-likeness (QED) is 0.625. The number of amides is 1. The van der Waals surface area contributed by atoms with Gasteiger partial charge in [0.25, 0.3) is 0 Å². The number of carbonyl (C=O) groups is 1. The van der Waals surface area contributed by atoms with Gasteiger partial charge in [-0.3, -0.25) is 9.79 Å². The van der Waals surface area contributed by atoms with Crippen molar-refractivity contribution in [3.05, 3.63) is 35.1 Å². The Labute approximate surface area is 164 Å². The number of carbonyl (C=O) groups excluding carboxylic acids is 1. The minimum absolute atomic E-state index is 0.0448. The van der Waals surface area contributed by atoms with E-state index < -0.39 is 5.82 Å². The van der Waals surface area contributed by atoms with Crippen LogP contribution in [-0.2, 0) is 16.1 Å². The second-order valence-corrected chi connectivity index (χ2v) is 7.02. The molecule has 0 radical (unpaired) electrons. The molecule has 2 fully saturated rings. The molecule has 0 atom stereocenters. The zero-order chi connectivity index (χ0) is 19.9. The first-order chi connectivity index (χ1) is 13.6. The lowest BCUT2D eigenvalue weighted by molar-refractivity contribution is -0.140. The summed E-state index contributed by atoms with van der Waals surface area (Å²) in [5.41, 5.74) is 0.787. The number of piperidine rings is 1. The Morgan fingerprint density at radius 1 is 1.29 bits per heavy atom. The summed E-state index contributed by atoms with van der Waals surface area (Å²) < 4.78 is 19.4. The summed E-state index contributed by atoms with van der Waals surface area (Å²) in [7, 11) is 1.70. The maximum atomic E-state index is 14.1. The van der Waals surface area contributed by atoms with E-state index in [1.165, 1.54) is 6.07 Å². The summed E-state index contributed by atoms with van der Waals surface area (Å²) in [6, 6.07) is 6.38. The molecule has 1 amide bonds. The summed E-state index contributed by atoms with van der Waals surface area (Å²) in [5, 5.41) is 12.0. The number of nitriles is 1. The third-order valence-corrected chi connectivity index (χ3v) is 5.30. The normalized spacial score (nSPS) is 18.7. The van der Waals surface area contributed by atoms with Gasteiger partial charge in [0.15, 0.2) is 5.96 Å². The van der Waals surface area contributed by atoms with Crippen LogP contribution in [-0.4, -0.2) is 68.1 Å². The largest absolute Gasteiger partial charge is 0.378 e. The zero-order valence-electron chi connectivity index (χ0n) is 16.2. The van der Waals surface area contributed by atoms with Crippen molar-refractivity contribution in [2.24, 2.45) is 10.9 Å². The summed E-state index contributed by atoms with van der Waals surface area (Å²) in [6.45, 7) is 4.35. The maximum absolute atomic E-state index is 14.1. The van der Waals surface area contributed by atoms with E-state index in [1.54, 1.807) is 19.2 Å². The van der Waals surface area contributed by atoms with Crippen molar-refractivity contribution in [1.82, 2.24) is 15.1 Å². The standard InChI is InChI=1S/C20H26FN5O2/c1-23-20(24-14-17-3-2-15(13-22)12-18(17)21)26-6-4-16(5-7-26)19(27)25-8-10-28-11-9-25/h2-3,12,16H,4-11,14H2,1H3,(H,23,24). The molecule has 28 heavy (non-hydrogen) atoms. The van der Waals surface area contributed by atoms with Crippen molar-refractivity contribution < 1.29 is 13.9 Å². The van der Waals surface area contributed by atoms with Gasteiger partial charge in [-0.25, -0.2) is 4.39 Å². The summed E-state index contributed by atoms with van der Waals surface area (Å²) in [6.07, 6.45) is 1.56. The third-order valence-electron chi connectivity index (χ3n) is 5.30. The van der Waals surface area contributed by atoms with Crippen molar-refractivity contribution in [3.63, 3.8) is 0 Å². The van der Waals surface area contributed by atoms with Gasteiger partial charge in [0, 0.05) is 51.3 Å². The number of hydrogen-bond donors (Lipinski definition) is 1. The van der Waals surface area contributed by atoms with Crippen LogP contribution in [0.3, 0.4) is 0 Å². The van der Waals surface area contributed by atoms with E-state index in [2.05, 4.69) is 15.2 Å². The number of hydrogen-bond acceptors (Lipinski definition) is 4. The van der Waals surface area contributed by atoms with Crippen LogP contribution in [0.1, 0.15) is 24.0 Å². The monoisotopic (exact) mass is 387 g/mol. The molecular formula is C20H26FN5O2. The SMILES string of the molecule is CN=C(NCc1ccc(C#N)cc1F)N1CCC(C(=O)N2CCOCC2)CC1. The molecule has 150 valence electrons. The Kier molecular flexibility index (Phi) is 6.82. The predicted molar refractivity (Wildman–Crippen MR) is 103 cm³/mol. The lowest BCUT2D eigenvalue weighted by Gasteiger charge is -2.36. The fourth-order valence-electron chi connectivity index (χ4n) is 3.65. The smallest absolute Gasteiger partial charge is 0.225 e. The van der Waals surface area contributed by atoms with Gasteiger partial charge in [0.1, 0.15) is 5.82 Å². The van der Waals surface area contributed by atoms with Gasteiger partial charge in [0.05, 0.1) is 24.8 Å². The molecule has 0 saturated carbocycles. The summed E-state index contributed by atoms with van der Waals surface area (Å²) in [5.74, 6) is 0.562. The predicted octanol–water partition coefficient (Wildman–Crippen LogP) is 1.34. The second-order valence-electron chi connectivity index (χ2n) is 7.02. The number of aliphatic imine (C=N–C) groups is 1. The molecule has 3 rings (SSSR count). The van der Waals surface area contributed by atoms with Gasteiger partial charge < -0.3 is 19.9 Å². The molecule has 2 aliphatic heterocycles. The number of likely N-dealkylation sites (tertiary alicyclic amines) is 1. The second kappa shape index (κ2) is 9.51. The van der Waals surface area contributed by atoms with Crippen molar-refractivity contribution in [2.45, 2.75) is 19.4 Å². The fourth-order valence-corrected chi connectivity index (χ4v) is 3.65. The van der Waals surface area contributed by atoms with Crippen LogP contribution in [0.4, 0.5) is 4.39 Å². The number of nitrogens with one attached hydrogen (secondary N) is 1. The van der Waals surface area contributed by atoms with Crippen LogP contribution in [0, 0.1) is 23.1 Å².